The zero-order chi connectivity index (χ0) is 43.9. The predicted octanol–water partition coefficient (Wildman–Crippen LogP) is 16.9. The van der Waals surface area contributed by atoms with E-state index in [1.54, 1.807) is 0 Å². The lowest BCUT2D eigenvalue weighted by Gasteiger charge is -2.00. The molecule has 2 aromatic heterocycles. The van der Waals surface area contributed by atoms with Gasteiger partial charge in [-0.2, -0.15) is 0 Å². The molecule has 0 bridgehead atoms. The first kappa shape index (κ1) is 49.7. The minimum Gasteiger partial charge on any atom is -0.354 e. The molecule has 0 spiro atoms. The van der Waals surface area contributed by atoms with Gasteiger partial charge >= 0.3 is 0 Å². The Bertz CT molecular complexity index is 2230. The van der Waals surface area contributed by atoms with Gasteiger partial charge in [0.1, 0.15) is 0 Å². The summed E-state index contributed by atoms with van der Waals surface area (Å²) < 4.78 is 0. The number of hydrogen-bond donors (Lipinski definition) is 2. The third kappa shape index (κ3) is 15.0. The van der Waals surface area contributed by atoms with Gasteiger partial charge in [0.15, 0.2) is 5.78 Å². The van der Waals surface area contributed by atoms with E-state index in [1.165, 1.54) is 77.7 Å². The number of carbonyl (C=O) groups excluding carboxylic acids is 1. The maximum Gasteiger partial charge on any atom is 0.176 e. The van der Waals surface area contributed by atoms with E-state index >= 15 is 0 Å². The Labute approximate surface area is 364 Å². The molecule has 0 saturated heterocycles. The molecule has 0 aliphatic rings. The van der Waals surface area contributed by atoms with Gasteiger partial charge in [0.25, 0.3) is 0 Å². The highest BCUT2D eigenvalue weighted by Gasteiger charge is 2.11. The van der Waals surface area contributed by atoms with Crippen molar-refractivity contribution in [3.8, 4) is 22.5 Å². The van der Waals surface area contributed by atoms with Crippen LogP contribution in [0.2, 0.25) is 0 Å². The molecule has 8 aromatic rings. The van der Waals surface area contributed by atoms with E-state index in [9.17, 15) is 4.79 Å². The average molecular weight is 852 g/mol. The summed E-state index contributed by atoms with van der Waals surface area (Å²) in [6.45, 7) is 26.7. The molecule has 4 heteroatoms. The predicted molar refractivity (Wildman–Crippen MR) is 266 cm³/mol. The number of aromatic amines is 2. The zero-order valence-corrected chi connectivity index (χ0v) is 39.4. The van der Waals surface area contributed by atoms with Crippen molar-refractivity contribution >= 4 is 43.5 Å². The van der Waals surface area contributed by atoms with Crippen molar-refractivity contribution in [3.05, 3.63) is 191 Å². The van der Waals surface area contributed by atoms with Gasteiger partial charge in [-0.25, -0.2) is 0 Å². The van der Waals surface area contributed by atoms with Gasteiger partial charge in [0.2, 0.25) is 0 Å². The van der Waals surface area contributed by atoms with E-state index in [2.05, 4.69) is 177 Å². The second kappa shape index (κ2) is 26.5. The van der Waals surface area contributed by atoms with E-state index < -0.39 is 0 Å². The largest absolute Gasteiger partial charge is 0.354 e. The summed E-state index contributed by atoms with van der Waals surface area (Å²) >= 11 is 3.23. The van der Waals surface area contributed by atoms with Crippen LogP contribution in [0.4, 0.5) is 0 Å². The van der Waals surface area contributed by atoms with Crippen LogP contribution in [0.5, 0.6) is 0 Å². The third-order valence-electron chi connectivity index (χ3n) is 9.19. The Morgan fingerprint density at radius 2 is 0.746 bits per heavy atom. The highest BCUT2D eigenvalue weighted by molar-refractivity contribution is 9.10. The molecule has 2 N–H and O–H groups in total. The summed E-state index contributed by atoms with van der Waals surface area (Å²) in [5.74, 6) is 0.130. The molecule has 1 atom stereocenters. The van der Waals surface area contributed by atoms with E-state index in [1.807, 2.05) is 90.9 Å². The lowest BCUT2D eigenvalue weighted by molar-refractivity contribution is 0.0996. The summed E-state index contributed by atoms with van der Waals surface area (Å²) in [4.78, 5) is 18.2. The van der Waals surface area contributed by atoms with Crippen LogP contribution >= 0.6 is 15.9 Å². The first-order valence-electron chi connectivity index (χ1n) is 21.1. The quantitative estimate of drug-likeness (QED) is 0.134. The number of hydrogen-bond acceptors (Lipinski definition) is 1. The Kier molecular flexibility index (Phi) is 22.3. The van der Waals surface area contributed by atoms with Crippen molar-refractivity contribution in [2.75, 3.05) is 0 Å². The Balaban J connectivity index is 0.000000269. The van der Waals surface area contributed by atoms with Gasteiger partial charge in [0, 0.05) is 38.8 Å². The molecule has 310 valence electrons. The minimum absolute atomic E-state index is 0.0927. The topological polar surface area (TPSA) is 48.6 Å². The molecule has 0 fully saturated rings. The fourth-order valence-electron chi connectivity index (χ4n) is 6.14. The lowest BCUT2D eigenvalue weighted by atomic mass is 10.1. The van der Waals surface area contributed by atoms with Crippen molar-refractivity contribution in [2.45, 2.75) is 94.8 Å². The molecule has 0 radical (unpaired) electrons. The highest BCUT2D eigenvalue weighted by Crippen LogP contribution is 2.31. The number of rotatable bonds is 4. The summed E-state index contributed by atoms with van der Waals surface area (Å²) in [6.07, 6.45) is 0. The fraction of sp³-hybridized carbons (Fsp3) is 0.255. The van der Waals surface area contributed by atoms with Crippen molar-refractivity contribution in [3.63, 3.8) is 0 Å². The molecule has 8 rings (SSSR count). The van der Waals surface area contributed by atoms with E-state index in [0.29, 0.717) is 0 Å². The summed E-state index contributed by atoms with van der Waals surface area (Å²) in [6, 6.07) is 51.8. The minimum atomic E-state index is -0.0927. The smallest absolute Gasteiger partial charge is 0.176 e. The number of nitrogens with one attached hydrogen (secondary N) is 2. The molecule has 59 heavy (non-hydrogen) atoms. The van der Waals surface area contributed by atoms with Crippen molar-refractivity contribution < 1.29 is 4.79 Å². The van der Waals surface area contributed by atoms with Gasteiger partial charge in [-0.05, 0) is 95.0 Å². The normalized spacial score (nSPS) is 10.2. The van der Waals surface area contributed by atoms with Crippen LogP contribution in [0, 0.1) is 41.5 Å². The number of carbonyl (C=O) groups is 1. The maximum absolute atomic E-state index is 11.3. The van der Waals surface area contributed by atoms with Crippen LogP contribution in [0.15, 0.2) is 152 Å². The molecule has 0 amide bonds. The van der Waals surface area contributed by atoms with E-state index in [0.717, 1.165) is 5.56 Å². The number of alkyl halides is 1. The summed E-state index contributed by atoms with van der Waals surface area (Å²) in [7, 11) is 0. The second-order valence-electron chi connectivity index (χ2n) is 13.6. The maximum atomic E-state index is 11.3. The molecule has 0 saturated carbocycles. The van der Waals surface area contributed by atoms with Crippen molar-refractivity contribution in [2.24, 2.45) is 0 Å². The molecule has 2 heterocycles. The van der Waals surface area contributed by atoms with Crippen LogP contribution in [0.25, 0.3) is 44.3 Å². The number of aromatic nitrogens is 2. The molecule has 3 nitrogen and oxygen atoms in total. The van der Waals surface area contributed by atoms with Gasteiger partial charge in [-0.3, -0.25) is 4.79 Å². The van der Waals surface area contributed by atoms with Crippen LogP contribution in [0.3, 0.4) is 0 Å². The second-order valence-corrected chi connectivity index (χ2v) is 15.0. The molecule has 6 aromatic carbocycles. The standard InChI is InChI=1S/2C16H15N.C9H9BrO.C8H10.3C2H6/c2*1-11-8-9-15-14(10-11)12(2)16(17-15)13-6-4-3-5-7-13;1-7(10)9(11)8-5-3-2-4-6-8;1-7-3-5-8(2)6-4-7;3*1-2/h2*3-10,17H,1-2H3;2-7H,1H3;3-6H,1-2H3;3*1-2H3. The molecular weight excluding hydrogens is 785 g/mol. The number of aryl methyl sites for hydroxylation is 6. The van der Waals surface area contributed by atoms with Crippen LogP contribution in [-0.2, 0) is 0 Å². The molecule has 0 aliphatic heterocycles. The van der Waals surface area contributed by atoms with E-state index in [4.69, 9.17) is 0 Å². The fourth-order valence-corrected chi connectivity index (χ4v) is 6.40. The number of ketones is 1. The van der Waals surface area contributed by atoms with Crippen molar-refractivity contribution in [1.82, 2.24) is 9.97 Å². The van der Waals surface area contributed by atoms with Gasteiger partial charge in [-0.1, -0.05) is 207 Å². The van der Waals surface area contributed by atoms with E-state index in [-0.39, 0.29) is 10.6 Å². The number of benzene rings is 6. The Hall–Kier alpha value is -5.45. The number of H-pyrrole nitrogens is 2. The molecular formula is C55H67BrN2O. The van der Waals surface area contributed by atoms with Crippen molar-refractivity contribution in [1.29, 1.82) is 0 Å². The third-order valence-corrected chi connectivity index (χ3v) is 9.61. The molecule has 1 unspecified atom stereocenters. The van der Waals surface area contributed by atoms with Gasteiger partial charge in [0.05, 0.1) is 4.83 Å². The monoisotopic (exact) mass is 850 g/mol. The molecule has 0 aliphatic carbocycles. The SMILES string of the molecule is CC.CC.CC.CC(Br)C(=O)c1ccccc1.Cc1ccc(C)cc1.Cc1ccc2[nH]c(-c3ccccc3)c(C)c2c1.Cc1ccc2[nH]c(-c3ccccc3)c(C)c2c1. The number of Topliss-reactive ketones (excluding diaryl/α,β-unsaturated/α-hetero) is 1. The Morgan fingerprint density at radius 1 is 0.441 bits per heavy atom. The first-order valence-corrected chi connectivity index (χ1v) is 22.0. The summed E-state index contributed by atoms with van der Waals surface area (Å²) in [5, 5.41) is 2.65. The van der Waals surface area contributed by atoms with Crippen LogP contribution in [0.1, 0.15) is 92.2 Å². The highest BCUT2D eigenvalue weighted by atomic mass is 79.9. The lowest BCUT2D eigenvalue weighted by Crippen LogP contribution is -2.09. The Morgan fingerprint density at radius 3 is 1.07 bits per heavy atom. The summed E-state index contributed by atoms with van der Waals surface area (Å²) in [5.41, 5.74) is 16.1. The van der Waals surface area contributed by atoms with Crippen LogP contribution in [-0.4, -0.2) is 20.6 Å². The van der Waals surface area contributed by atoms with Gasteiger partial charge in [-0.15, -0.1) is 0 Å². The van der Waals surface area contributed by atoms with Crippen LogP contribution < -0.4 is 0 Å². The number of halogens is 1. The zero-order valence-electron chi connectivity index (χ0n) is 37.8. The van der Waals surface area contributed by atoms with Gasteiger partial charge < -0.3 is 9.97 Å². The first-order chi connectivity index (χ1) is 28.5. The number of fused-ring (bicyclic) bond motifs is 2. The average Bonchev–Trinajstić information content (AvgIpc) is 3.80.